The first-order valence-corrected chi connectivity index (χ1v) is 7.89. The average molecular weight is 322 g/mol. The molecular formula is C16H29LiNO5+. The molecule has 0 aliphatic rings. The van der Waals surface area contributed by atoms with Crippen LogP contribution in [0.4, 0.5) is 0 Å². The SMILES string of the molecule is CCCCC/C=C/C[N+](CCO)(C(C)C(=O)[O-])C(C)C(=O)O.[Li+]. The van der Waals surface area contributed by atoms with E-state index in [2.05, 4.69) is 6.92 Å². The van der Waals surface area contributed by atoms with Crippen molar-refractivity contribution in [3.05, 3.63) is 12.2 Å². The number of unbranched alkanes of at least 4 members (excludes halogenated alkanes) is 3. The molecule has 0 heterocycles. The van der Waals surface area contributed by atoms with E-state index in [1.165, 1.54) is 13.8 Å². The van der Waals surface area contributed by atoms with Gasteiger partial charge in [0.2, 0.25) is 0 Å². The van der Waals surface area contributed by atoms with E-state index >= 15 is 0 Å². The Balaban J connectivity index is 0. The molecule has 0 aliphatic heterocycles. The number of aliphatic hydroxyl groups excluding tert-OH is 1. The fraction of sp³-hybridized carbons (Fsp3) is 0.750. The van der Waals surface area contributed by atoms with Gasteiger partial charge in [0.15, 0.2) is 6.04 Å². The van der Waals surface area contributed by atoms with Crippen LogP contribution in [0.5, 0.6) is 0 Å². The Morgan fingerprint density at radius 2 is 1.78 bits per heavy atom. The van der Waals surface area contributed by atoms with Gasteiger partial charge < -0.3 is 24.6 Å². The van der Waals surface area contributed by atoms with E-state index in [9.17, 15) is 24.9 Å². The summed E-state index contributed by atoms with van der Waals surface area (Å²) in [5.74, 6) is -2.39. The number of carboxylic acid groups (broad SMARTS) is 2. The summed E-state index contributed by atoms with van der Waals surface area (Å²) >= 11 is 0. The smallest absolute Gasteiger partial charge is 0.544 e. The number of nitrogens with zero attached hydrogens (tertiary/aromatic N) is 1. The minimum atomic E-state index is -1.30. The maximum atomic E-state index is 11.4. The van der Waals surface area contributed by atoms with Gasteiger partial charge in [0.25, 0.3) is 0 Å². The third-order valence-electron chi connectivity index (χ3n) is 4.34. The largest absolute Gasteiger partial charge is 1.00 e. The molecule has 0 saturated heterocycles. The summed E-state index contributed by atoms with van der Waals surface area (Å²) in [7, 11) is 0. The number of aliphatic carboxylic acids is 2. The van der Waals surface area contributed by atoms with Gasteiger partial charge >= 0.3 is 24.8 Å². The summed E-state index contributed by atoms with van der Waals surface area (Å²) in [4.78, 5) is 22.7. The van der Waals surface area contributed by atoms with Crippen LogP contribution >= 0.6 is 0 Å². The molecular weight excluding hydrogens is 293 g/mol. The molecule has 128 valence electrons. The Hall–Kier alpha value is -0.803. The van der Waals surface area contributed by atoms with Crippen LogP contribution in [-0.2, 0) is 9.59 Å². The summed E-state index contributed by atoms with van der Waals surface area (Å²) in [6.07, 6.45) is 7.96. The van der Waals surface area contributed by atoms with E-state index in [0.29, 0.717) is 0 Å². The quantitative estimate of drug-likeness (QED) is 0.180. The Labute approximate surface area is 150 Å². The van der Waals surface area contributed by atoms with Crippen LogP contribution in [-0.4, -0.2) is 58.4 Å². The second-order valence-electron chi connectivity index (χ2n) is 5.71. The van der Waals surface area contributed by atoms with E-state index in [4.69, 9.17) is 0 Å². The molecule has 0 aromatic heterocycles. The Morgan fingerprint density at radius 3 is 2.22 bits per heavy atom. The fourth-order valence-electron chi connectivity index (χ4n) is 2.65. The maximum absolute atomic E-state index is 11.4. The normalized spacial score (nSPS) is 16.3. The minimum absolute atomic E-state index is 0. The first-order chi connectivity index (χ1) is 10.3. The Kier molecular flexibility index (Phi) is 13.4. The zero-order valence-corrected chi connectivity index (χ0v) is 14.8. The number of hydrogen-bond donors (Lipinski definition) is 2. The van der Waals surface area contributed by atoms with Crippen molar-refractivity contribution in [1.82, 2.24) is 0 Å². The van der Waals surface area contributed by atoms with Gasteiger partial charge in [-0.2, -0.15) is 0 Å². The predicted molar refractivity (Wildman–Crippen MR) is 81.9 cm³/mol. The van der Waals surface area contributed by atoms with Gasteiger partial charge in [-0.3, -0.25) is 0 Å². The second-order valence-corrected chi connectivity index (χ2v) is 5.71. The number of allylic oxidation sites excluding steroid dienone is 1. The third-order valence-corrected chi connectivity index (χ3v) is 4.34. The molecule has 0 rings (SSSR count). The van der Waals surface area contributed by atoms with E-state index in [1.807, 2.05) is 12.2 Å². The molecule has 0 fully saturated rings. The van der Waals surface area contributed by atoms with Crippen LogP contribution in [0.1, 0.15) is 46.5 Å². The Morgan fingerprint density at radius 1 is 1.17 bits per heavy atom. The van der Waals surface area contributed by atoms with Crippen LogP contribution in [0.25, 0.3) is 0 Å². The molecule has 0 spiro atoms. The molecule has 0 aromatic carbocycles. The number of hydrogen-bond acceptors (Lipinski definition) is 4. The second kappa shape index (κ2) is 12.6. The van der Waals surface area contributed by atoms with E-state index < -0.39 is 24.0 Å². The minimum Gasteiger partial charge on any atom is -0.544 e. The third kappa shape index (κ3) is 7.54. The number of carbonyl (C=O) groups excluding carboxylic acids is 1. The molecule has 0 aliphatic carbocycles. The van der Waals surface area contributed by atoms with Gasteiger partial charge in [-0.05, 0) is 32.8 Å². The summed E-state index contributed by atoms with van der Waals surface area (Å²) in [6, 6.07) is -1.96. The zero-order valence-electron chi connectivity index (χ0n) is 14.8. The summed E-state index contributed by atoms with van der Waals surface area (Å²) in [6.45, 7) is 5.05. The average Bonchev–Trinajstić information content (AvgIpc) is 2.47. The molecule has 0 amide bonds. The van der Waals surface area contributed by atoms with Gasteiger partial charge in [0, 0.05) is 0 Å². The Bertz CT molecular complexity index is 367. The number of carbonyl (C=O) groups is 2. The van der Waals surface area contributed by atoms with E-state index in [-0.39, 0.29) is 43.0 Å². The van der Waals surface area contributed by atoms with Gasteiger partial charge in [0.1, 0.15) is 12.6 Å². The predicted octanol–water partition coefficient (Wildman–Crippen LogP) is -2.45. The van der Waals surface area contributed by atoms with Crippen LogP contribution in [0.3, 0.4) is 0 Å². The standard InChI is InChI=1S/C16H29NO5.Li/c1-4-5-6-7-8-9-10-17(11-12-18,13(2)15(19)20)14(3)16(21)22;/h8-9,13-14,18H,4-7,10-12H2,1-3H3,(H-,19,20,21,22);/q;+1/b9-8+;. The molecule has 0 radical (unpaired) electrons. The van der Waals surface area contributed by atoms with Crippen molar-refractivity contribution in [3.63, 3.8) is 0 Å². The summed E-state index contributed by atoms with van der Waals surface area (Å²) in [5, 5.41) is 29.9. The van der Waals surface area contributed by atoms with Crippen LogP contribution in [0, 0.1) is 0 Å². The molecule has 7 heteroatoms. The van der Waals surface area contributed by atoms with Crippen LogP contribution in [0.15, 0.2) is 12.2 Å². The van der Waals surface area contributed by atoms with Crippen molar-refractivity contribution in [2.45, 2.75) is 58.5 Å². The van der Waals surface area contributed by atoms with E-state index in [0.717, 1.165) is 25.7 Å². The number of carboxylic acids is 2. The monoisotopic (exact) mass is 322 g/mol. The molecule has 6 nitrogen and oxygen atoms in total. The fourth-order valence-corrected chi connectivity index (χ4v) is 2.65. The summed E-state index contributed by atoms with van der Waals surface area (Å²) < 4.78 is -0.252. The molecule has 0 saturated carbocycles. The first kappa shape index (κ1) is 24.4. The molecule has 23 heavy (non-hydrogen) atoms. The number of quaternary nitrogens is 1. The molecule has 3 unspecified atom stereocenters. The molecule has 0 aromatic rings. The first-order valence-electron chi connectivity index (χ1n) is 7.89. The maximum Gasteiger partial charge on any atom is 1.00 e. The van der Waals surface area contributed by atoms with Crippen molar-refractivity contribution < 1.29 is 48.3 Å². The zero-order chi connectivity index (χ0) is 17.2. The van der Waals surface area contributed by atoms with E-state index in [1.54, 1.807) is 0 Å². The summed E-state index contributed by atoms with van der Waals surface area (Å²) in [5.41, 5.74) is 0. The van der Waals surface area contributed by atoms with Crippen molar-refractivity contribution in [2.24, 2.45) is 0 Å². The van der Waals surface area contributed by atoms with Crippen molar-refractivity contribution in [3.8, 4) is 0 Å². The van der Waals surface area contributed by atoms with Crippen molar-refractivity contribution in [2.75, 3.05) is 19.7 Å². The van der Waals surface area contributed by atoms with Crippen molar-refractivity contribution >= 4 is 11.9 Å². The number of aliphatic hydroxyl groups is 1. The molecule has 3 atom stereocenters. The van der Waals surface area contributed by atoms with Gasteiger partial charge in [-0.25, -0.2) is 4.79 Å². The van der Waals surface area contributed by atoms with Gasteiger partial charge in [0.05, 0.1) is 19.1 Å². The number of rotatable bonds is 12. The molecule has 2 N–H and O–H groups in total. The topological polar surface area (TPSA) is 97.7 Å². The van der Waals surface area contributed by atoms with Crippen LogP contribution < -0.4 is 24.0 Å². The van der Waals surface area contributed by atoms with Gasteiger partial charge in [-0.1, -0.05) is 25.8 Å². The molecule has 0 bridgehead atoms. The van der Waals surface area contributed by atoms with Crippen molar-refractivity contribution in [1.29, 1.82) is 0 Å². The van der Waals surface area contributed by atoms with Gasteiger partial charge in [-0.15, -0.1) is 0 Å². The van der Waals surface area contributed by atoms with Crippen LogP contribution in [0.2, 0.25) is 0 Å².